The summed E-state index contributed by atoms with van der Waals surface area (Å²) >= 11 is 2.45. The van der Waals surface area contributed by atoms with E-state index in [1.165, 1.54) is 50.5 Å². The number of thioether (sulfide) groups is 1. The summed E-state index contributed by atoms with van der Waals surface area (Å²) in [6, 6.07) is 18.6. The zero-order valence-electron chi connectivity index (χ0n) is 33.3. The molecule has 0 fully saturated rings. The number of rotatable bonds is 14. The standard InChI is InChI=1S/C42H46N4O10S2/c1-8-55-40(50)36-29-17-18-46(41(51)56-42(2,3)4)23-34(29)58-39(36)45-35(47)24-57-28-16-12-15-27(21-28)43-38(49)30(44-37(48)25-13-10-9-11-14-25)19-26-20-32(53-6)33(54-7)22-31(26)52-5/h9-16,19-22H,8,17-18,23-24H2,1-7H3,(H,43,49)(H,44,48)(H,45,47)/b30-19+. The summed E-state index contributed by atoms with van der Waals surface area (Å²) in [7, 11) is 4.44. The topological polar surface area (TPSA) is 171 Å². The molecule has 5 rings (SSSR count). The van der Waals surface area contributed by atoms with Crippen LogP contribution in [0.3, 0.4) is 0 Å². The molecule has 14 nitrogen and oxygen atoms in total. The Morgan fingerprint density at radius 1 is 0.879 bits per heavy atom. The average Bonchev–Trinajstić information content (AvgIpc) is 3.56. The number of carbonyl (C=O) groups is 5. The molecule has 1 aromatic heterocycles. The van der Waals surface area contributed by atoms with Gasteiger partial charge in [0.15, 0.2) is 11.5 Å². The first kappa shape index (κ1) is 43.1. The molecule has 0 saturated heterocycles. The van der Waals surface area contributed by atoms with Crippen LogP contribution in [-0.2, 0) is 32.0 Å². The van der Waals surface area contributed by atoms with E-state index < -0.39 is 29.5 Å². The maximum Gasteiger partial charge on any atom is 0.410 e. The summed E-state index contributed by atoms with van der Waals surface area (Å²) in [6.07, 6.45) is 1.42. The molecule has 0 atom stereocenters. The number of ether oxygens (including phenoxy) is 5. The smallest absolute Gasteiger partial charge is 0.410 e. The number of methoxy groups -OCH3 is 3. The predicted octanol–water partition coefficient (Wildman–Crippen LogP) is 7.38. The van der Waals surface area contributed by atoms with Gasteiger partial charge >= 0.3 is 12.1 Å². The third-order valence-corrected chi connectivity index (χ3v) is 10.6. The molecule has 4 amide bonds. The molecule has 0 unspecified atom stereocenters. The third-order valence-electron chi connectivity index (χ3n) is 8.47. The minimum Gasteiger partial charge on any atom is -0.496 e. The number of benzene rings is 3. The van der Waals surface area contributed by atoms with Gasteiger partial charge in [0.2, 0.25) is 5.91 Å². The molecule has 306 valence electrons. The van der Waals surface area contributed by atoms with Crippen molar-refractivity contribution >= 4 is 69.6 Å². The van der Waals surface area contributed by atoms with Crippen LogP contribution >= 0.6 is 23.1 Å². The molecule has 0 saturated carbocycles. The molecule has 0 bridgehead atoms. The third kappa shape index (κ3) is 11.1. The van der Waals surface area contributed by atoms with Crippen LogP contribution in [0, 0.1) is 0 Å². The molecule has 3 N–H and O–H groups in total. The van der Waals surface area contributed by atoms with Crippen molar-refractivity contribution in [2.45, 2.75) is 51.2 Å². The molecule has 2 heterocycles. The average molecular weight is 831 g/mol. The Morgan fingerprint density at radius 3 is 2.26 bits per heavy atom. The molecule has 58 heavy (non-hydrogen) atoms. The Kier molecular flexibility index (Phi) is 14.5. The van der Waals surface area contributed by atoms with Crippen LogP contribution in [0.25, 0.3) is 6.08 Å². The van der Waals surface area contributed by atoms with Crippen LogP contribution in [0.5, 0.6) is 17.2 Å². The van der Waals surface area contributed by atoms with Crippen molar-refractivity contribution in [3.8, 4) is 17.2 Å². The maximum absolute atomic E-state index is 13.9. The zero-order valence-corrected chi connectivity index (χ0v) is 34.9. The van der Waals surface area contributed by atoms with Gasteiger partial charge in [-0.05, 0) is 82.2 Å². The maximum atomic E-state index is 13.9. The van der Waals surface area contributed by atoms with E-state index in [0.29, 0.717) is 62.5 Å². The Labute approximate surface area is 345 Å². The first-order valence-corrected chi connectivity index (χ1v) is 20.0. The minimum atomic E-state index is -0.660. The number of nitrogens with zero attached hydrogens (tertiary/aromatic N) is 1. The second kappa shape index (κ2) is 19.4. The number of esters is 1. The first-order chi connectivity index (χ1) is 27.7. The van der Waals surface area contributed by atoms with Crippen LogP contribution in [0.4, 0.5) is 15.5 Å². The number of thiophene rings is 1. The van der Waals surface area contributed by atoms with E-state index in [-0.39, 0.29) is 30.5 Å². The van der Waals surface area contributed by atoms with Gasteiger partial charge in [0.05, 0.1) is 45.8 Å². The van der Waals surface area contributed by atoms with E-state index in [9.17, 15) is 24.0 Å². The number of amides is 4. The van der Waals surface area contributed by atoms with Crippen LogP contribution in [-0.4, -0.2) is 80.5 Å². The van der Waals surface area contributed by atoms with Crippen molar-refractivity contribution in [3.63, 3.8) is 0 Å². The van der Waals surface area contributed by atoms with Gasteiger partial charge in [0, 0.05) is 39.2 Å². The van der Waals surface area contributed by atoms with Crippen molar-refractivity contribution in [1.82, 2.24) is 10.2 Å². The molecule has 1 aliphatic heterocycles. The Morgan fingerprint density at radius 2 is 1.59 bits per heavy atom. The van der Waals surface area contributed by atoms with E-state index in [0.717, 1.165) is 10.4 Å². The number of anilines is 2. The molecule has 3 aromatic carbocycles. The van der Waals surface area contributed by atoms with Crippen LogP contribution < -0.4 is 30.2 Å². The minimum absolute atomic E-state index is 0.0242. The molecule has 4 aromatic rings. The lowest BCUT2D eigenvalue weighted by molar-refractivity contribution is -0.114. The highest BCUT2D eigenvalue weighted by Gasteiger charge is 2.33. The van der Waals surface area contributed by atoms with Gasteiger partial charge in [0.25, 0.3) is 11.8 Å². The van der Waals surface area contributed by atoms with E-state index >= 15 is 0 Å². The Balaban J connectivity index is 1.31. The fourth-order valence-electron chi connectivity index (χ4n) is 5.83. The van der Waals surface area contributed by atoms with Gasteiger partial charge < -0.3 is 44.5 Å². The summed E-state index contributed by atoms with van der Waals surface area (Å²) in [6.45, 7) is 7.84. The molecule has 1 aliphatic rings. The lowest BCUT2D eigenvalue weighted by Crippen LogP contribution is -2.39. The second-order valence-electron chi connectivity index (χ2n) is 13.7. The number of carbonyl (C=O) groups excluding carboxylic acids is 5. The van der Waals surface area contributed by atoms with Crippen molar-refractivity contribution in [1.29, 1.82) is 0 Å². The zero-order chi connectivity index (χ0) is 42.0. The highest BCUT2D eigenvalue weighted by Crippen LogP contribution is 2.39. The highest BCUT2D eigenvalue weighted by molar-refractivity contribution is 8.00. The summed E-state index contributed by atoms with van der Waals surface area (Å²) < 4.78 is 27.3. The van der Waals surface area contributed by atoms with E-state index in [1.54, 1.807) is 99.3 Å². The number of fused-ring (bicyclic) bond motifs is 1. The monoisotopic (exact) mass is 830 g/mol. The molecule has 0 aliphatic carbocycles. The van der Waals surface area contributed by atoms with Gasteiger partial charge in [-0.1, -0.05) is 24.3 Å². The summed E-state index contributed by atoms with van der Waals surface area (Å²) in [5.74, 6) is -0.899. The molecular weight excluding hydrogens is 785 g/mol. The van der Waals surface area contributed by atoms with Crippen molar-refractivity contribution in [2.75, 3.05) is 50.9 Å². The van der Waals surface area contributed by atoms with Gasteiger partial charge in [-0.15, -0.1) is 23.1 Å². The fourth-order valence-corrected chi connectivity index (χ4v) is 7.85. The molecule has 0 radical (unpaired) electrons. The van der Waals surface area contributed by atoms with E-state index in [4.69, 9.17) is 23.7 Å². The van der Waals surface area contributed by atoms with Crippen molar-refractivity contribution in [2.24, 2.45) is 0 Å². The van der Waals surface area contributed by atoms with Gasteiger partial charge in [0.1, 0.15) is 22.0 Å². The predicted molar refractivity (Wildman–Crippen MR) is 223 cm³/mol. The van der Waals surface area contributed by atoms with E-state index in [1.807, 2.05) is 0 Å². The van der Waals surface area contributed by atoms with Crippen molar-refractivity contribution in [3.05, 3.63) is 99.6 Å². The largest absolute Gasteiger partial charge is 0.496 e. The Hall–Kier alpha value is -6.00. The van der Waals surface area contributed by atoms with E-state index in [2.05, 4.69) is 16.0 Å². The first-order valence-electron chi connectivity index (χ1n) is 18.2. The lowest BCUT2D eigenvalue weighted by atomic mass is 10.0. The second-order valence-corrected chi connectivity index (χ2v) is 15.9. The Bertz CT molecular complexity index is 2200. The molecular formula is C42H46N4O10S2. The normalized spacial score (nSPS) is 12.5. The summed E-state index contributed by atoms with van der Waals surface area (Å²) in [5.41, 5.74) is 1.48. The van der Waals surface area contributed by atoms with Crippen LogP contribution in [0.15, 0.2) is 77.3 Å². The molecule has 16 heteroatoms. The van der Waals surface area contributed by atoms with Crippen molar-refractivity contribution < 1.29 is 47.7 Å². The van der Waals surface area contributed by atoms with Gasteiger partial charge in [-0.2, -0.15) is 0 Å². The summed E-state index contributed by atoms with van der Waals surface area (Å²) in [5, 5.41) is 8.79. The van der Waals surface area contributed by atoms with Gasteiger partial charge in [-0.3, -0.25) is 14.4 Å². The fraction of sp³-hybridized carbons (Fsp3) is 0.310. The number of hydrogen-bond donors (Lipinski definition) is 3. The molecule has 0 spiro atoms. The number of nitrogens with one attached hydrogen (secondary N) is 3. The quantitative estimate of drug-likeness (QED) is 0.0658. The van der Waals surface area contributed by atoms with Crippen LogP contribution in [0.1, 0.15) is 64.4 Å². The summed E-state index contributed by atoms with van der Waals surface area (Å²) in [4.78, 5) is 69.3. The van der Waals surface area contributed by atoms with Gasteiger partial charge in [-0.25, -0.2) is 9.59 Å². The van der Waals surface area contributed by atoms with Crippen LogP contribution in [0.2, 0.25) is 0 Å². The SMILES string of the molecule is CCOC(=O)c1c(NC(=O)CSc2cccc(NC(=O)/C(=C\c3cc(OC)c(OC)cc3OC)NC(=O)c3ccccc3)c2)sc2c1CCN(C(=O)OC(C)(C)C)C2. The lowest BCUT2D eigenvalue weighted by Gasteiger charge is -2.30. The highest BCUT2D eigenvalue weighted by atomic mass is 32.2. The number of hydrogen-bond acceptors (Lipinski definition) is 12.